The van der Waals surface area contributed by atoms with Crippen LogP contribution in [0, 0.1) is 18.3 Å². The van der Waals surface area contributed by atoms with Crippen molar-refractivity contribution in [3.05, 3.63) is 70.5 Å². The monoisotopic (exact) mass is 452 g/mol. The highest BCUT2D eigenvalue weighted by molar-refractivity contribution is 7.99. The Morgan fingerprint density at radius 3 is 2.87 bits per heavy atom. The van der Waals surface area contributed by atoms with Crippen LogP contribution in [0.5, 0.6) is 5.75 Å². The number of aromatic amines is 2. The molecule has 10 heteroatoms. The second-order valence-corrected chi connectivity index (χ2v) is 7.94. The molecule has 0 unspecified atom stereocenters. The number of aliphatic hydroxyl groups excluding tert-OH is 1. The first-order valence-electron chi connectivity index (χ1n) is 9.24. The van der Waals surface area contributed by atoms with Crippen molar-refractivity contribution in [1.29, 1.82) is 5.26 Å². The third-order valence-corrected chi connectivity index (χ3v) is 5.66. The van der Waals surface area contributed by atoms with Crippen LogP contribution in [0.25, 0.3) is 16.6 Å². The zero-order valence-electron chi connectivity index (χ0n) is 16.4. The van der Waals surface area contributed by atoms with E-state index in [1.54, 1.807) is 12.1 Å². The largest absolute Gasteiger partial charge is 0.510 e. The van der Waals surface area contributed by atoms with Gasteiger partial charge in [-0.05, 0) is 42.8 Å². The van der Waals surface area contributed by atoms with E-state index in [4.69, 9.17) is 16.3 Å². The van der Waals surface area contributed by atoms with E-state index in [-0.39, 0.29) is 23.7 Å². The average molecular weight is 453 g/mol. The van der Waals surface area contributed by atoms with Crippen molar-refractivity contribution in [2.75, 3.05) is 5.75 Å². The third kappa shape index (κ3) is 4.82. The maximum absolute atomic E-state index is 10.4. The Labute approximate surface area is 186 Å². The molecule has 0 aliphatic carbocycles. The van der Waals surface area contributed by atoms with Crippen LogP contribution < -0.4 is 4.74 Å². The van der Waals surface area contributed by atoms with Crippen LogP contribution in [-0.4, -0.2) is 36.0 Å². The van der Waals surface area contributed by atoms with Crippen LogP contribution in [0.1, 0.15) is 17.2 Å². The molecule has 3 N–H and O–H groups in total. The molecule has 0 bridgehead atoms. The summed E-state index contributed by atoms with van der Waals surface area (Å²) in [5, 5.41) is 27.9. The first kappa shape index (κ1) is 20.8. The van der Waals surface area contributed by atoms with E-state index in [9.17, 15) is 10.4 Å². The van der Waals surface area contributed by atoms with Gasteiger partial charge in [0.15, 0.2) is 11.6 Å². The number of imidazole rings is 1. The number of nitrogens with zero attached hydrogens (tertiary/aromatic N) is 4. The molecular formula is C21H17ClN6O2S. The number of para-hydroxylation sites is 2. The molecule has 2 aromatic heterocycles. The summed E-state index contributed by atoms with van der Waals surface area (Å²) in [7, 11) is 0. The van der Waals surface area contributed by atoms with Gasteiger partial charge in [0.05, 0.1) is 16.8 Å². The van der Waals surface area contributed by atoms with Gasteiger partial charge < -0.3 is 14.8 Å². The van der Waals surface area contributed by atoms with Crippen LogP contribution in [0.4, 0.5) is 0 Å². The van der Waals surface area contributed by atoms with Gasteiger partial charge in [0.25, 0.3) is 0 Å². The molecule has 0 saturated heterocycles. The summed E-state index contributed by atoms with van der Waals surface area (Å²) in [6.45, 7) is 2.11. The Kier molecular flexibility index (Phi) is 6.11. The smallest absolute Gasteiger partial charge is 0.208 e. The predicted octanol–water partition coefficient (Wildman–Crippen LogP) is 4.81. The Bertz CT molecular complexity index is 1270. The molecular weight excluding hydrogens is 436 g/mol. The molecule has 2 heterocycles. The van der Waals surface area contributed by atoms with Crippen LogP contribution in [0.15, 0.2) is 53.4 Å². The minimum Gasteiger partial charge on any atom is -0.510 e. The van der Waals surface area contributed by atoms with Crippen molar-refractivity contribution in [3.63, 3.8) is 0 Å². The molecule has 31 heavy (non-hydrogen) atoms. The van der Waals surface area contributed by atoms with E-state index in [1.165, 1.54) is 11.8 Å². The summed E-state index contributed by atoms with van der Waals surface area (Å²) in [6, 6.07) is 14.8. The summed E-state index contributed by atoms with van der Waals surface area (Å²) < 4.78 is 5.69. The van der Waals surface area contributed by atoms with E-state index >= 15 is 0 Å². The lowest BCUT2D eigenvalue weighted by molar-refractivity contribution is 0.296. The van der Waals surface area contributed by atoms with Gasteiger partial charge in [0.2, 0.25) is 5.16 Å². The first-order valence-corrected chi connectivity index (χ1v) is 10.6. The Morgan fingerprint density at radius 2 is 2.10 bits per heavy atom. The van der Waals surface area contributed by atoms with E-state index in [2.05, 4.69) is 25.1 Å². The number of aryl methyl sites for hydroxylation is 1. The molecule has 0 radical (unpaired) electrons. The van der Waals surface area contributed by atoms with Gasteiger partial charge in [-0.25, -0.2) is 9.97 Å². The SMILES string of the molecule is Cc1cc(OCc2nc(SC/C(O)=C(\C#N)c3nc4ccccc4[nH]3)n[nH]2)ccc1Cl. The Hall–Kier alpha value is -3.48. The zero-order valence-corrected chi connectivity index (χ0v) is 18.0. The van der Waals surface area contributed by atoms with Gasteiger partial charge in [-0.15, -0.1) is 5.10 Å². The molecule has 8 nitrogen and oxygen atoms in total. The molecule has 0 aliphatic rings. The number of thioether (sulfide) groups is 1. The number of hydrogen-bond acceptors (Lipinski definition) is 7. The highest BCUT2D eigenvalue weighted by Gasteiger charge is 2.14. The summed E-state index contributed by atoms with van der Waals surface area (Å²) >= 11 is 7.21. The molecule has 0 spiro atoms. The third-order valence-electron chi connectivity index (χ3n) is 4.38. The maximum Gasteiger partial charge on any atom is 0.208 e. The summed E-state index contributed by atoms with van der Waals surface area (Å²) in [5.74, 6) is 1.55. The quantitative estimate of drug-likeness (QED) is 0.209. The summed E-state index contributed by atoms with van der Waals surface area (Å²) in [4.78, 5) is 11.7. The lowest BCUT2D eigenvalue weighted by Gasteiger charge is -2.05. The van der Waals surface area contributed by atoms with E-state index < -0.39 is 0 Å². The van der Waals surface area contributed by atoms with Crippen LogP contribution >= 0.6 is 23.4 Å². The number of benzene rings is 2. The number of H-pyrrole nitrogens is 2. The van der Waals surface area contributed by atoms with E-state index in [0.29, 0.717) is 27.6 Å². The average Bonchev–Trinajstić information content (AvgIpc) is 3.40. The molecule has 4 rings (SSSR count). The van der Waals surface area contributed by atoms with Crippen LogP contribution in [0.3, 0.4) is 0 Å². The number of fused-ring (bicyclic) bond motifs is 1. The molecule has 0 atom stereocenters. The highest BCUT2D eigenvalue weighted by Crippen LogP contribution is 2.24. The van der Waals surface area contributed by atoms with Crippen LogP contribution in [0.2, 0.25) is 5.02 Å². The number of halogens is 1. The number of aliphatic hydroxyl groups is 1. The van der Waals surface area contributed by atoms with Gasteiger partial charge in [0.1, 0.15) is 29.8 Å². The Balaban J connectivity index is 1.39. The van der Waals surface area contributed by atoms with Gasteiger partial charge >= 0.3 is 0 Å². The van der Waals surface area contributed by atoms with Gasteiger partial charge in [0, 0.05) is 5.02 Å². The van der Waals surface area contributed by atoms with Crippen molar-refractivity contribution in [2.24, 2.45) is 0 Å². The molecule has 0 amide bonds. The lowest BCUT2D eigenvalue weighted by atomic mass is 10.2. The summed E-state index contributed by atoms with van der Waals surface area (Å²) in [5.41, 5.74) is 2.52. The number of ether oxygens (including phenoxy) is 1. The minimum atomic E-state index is -0.106. The van der Waals surface area contributed by atoms with E-state index in [0.717, 1.165) is 16.6 Å². The molecule has 2 aromatic carbocycles. The molecule has 156 valence electrons. The first-order chi connectivity index (χ1) is 15.0. The number of allylic oxidation sites excluding steroid dienone is 1. The van der Waals surface area contributed by atoms with Crippen molar-refractivity contribution in [3.8, 4) is 11.8 Å². The normalized spacial score (nSPS) is 11.9. The standard InChI is InChI=1S/C21H17ClN6O2S/c1-12-8-13(6-7-15(12)22)30-10-19-26-21(28-27-19)31-11-18(29)14(9-23)20-24-16-4-2-3-5-17(16)25-20/h2-8,29H,10-11H2,1H3,(H,24,25)(H,26,27,28)/b18-14-. The number of nitriles is 1. The van der Waals surface area contributed by atoms with Crippen molar-refractivity contribution in [2.45, 2.75) is 18.7 Å². The van der Waals surface area contributed by atoms with Crippen molar-refractivity contribution >= 4 is 40.0 Å². The fourth-order valence-corrected chi connectivity index (χ4v) is 3.61. The minimum absolute atomic E-state index is 0.0842. The molecule has 4 aromatic rings. The zero-order chi connectivity index (χ0) is 21.8. The second kappa shape index (κ2) is 9.12. The number of aromatic nitrogens is 5. The van der Waals surface area contributed by atoms with Crippen molar-refractivity contribution < 1.29 is 9.84 Å². The molecule has 0 saturated carbocycles. The fraction of sp³-hybridized carbons (Fsp3) is 0.143. The van der Waals surface area contributed by atoms with Gasteiger partial charge in [-0.1, -0.05) is 35.5 Å². The highest BCUT2D eigenvalue weighted by atomic mass is 35.5. The van der Waals surface area contributed by atoms with Gasteiger partial charge in [-0.2, -0.15) is 5.26 Å². The number of nitrogens with one attached hydrogen (secondary N) is 2. The number of rotatable bonds is 7. The summed E-state index contributed by atoms with van der Waals surface area (Å²) in [6.07, 6.45) is 0. The lowest BCUT2D eigenvalue weighted by Crippen LogP contribution is -1.98. The predicted molar refractivity (Wildman–Crippen MR) is 119 cm³/mol. The molecule has 0 aliphatic heterocycles. The Morgan fingerprint density at radius 1 is 1.26 bits per heavy atom. The van der Waals surface area contributed by atoms with Gasteiger partial charge in [-0.3, -0.25) is 5.10 Å². The fourth-order valence-electron chi connectivity index (χ4n) is 2.80. The second-order valence-electron chi connectivity index (χ2n) is 6.59. The topological polar surface area (TPSA) is 124 Å². The number of hydrogen-bond donors (Lipinski definition) is 3. The maximum atomic E-state index is 10.4. The van der Waals surface area contributed by atoms with Crippen LogP contribution in [-0.2, 0) is 6.61 Å². The van der Waals surface area contributed by atoms with Crippen molar-refractivity contribution in [1.82, 2.24) is 25.1 Å². The molecule has 0 fully saturated rings. The van der Waals surface area contributed by atoms with E-state index in [1.807, 2.05) is 43.3 Å².